The van der Waals surface area contributed by atoms with Gasteiger partial charge in [-0.25, -0.2) is 14.4 Å². The first-order valence-electron chi connectivity index (χ1n) is 18.3. The molecule has 1 aliphatic rings. The van der Waals surface area contributed by atoms with Crippen LogP contribution in [-0.4, -0.2) is 55.2 Å². The van der Waals surface area contributed by atoms with Crippen molar-refractivity contribution in [3.63, 3.8) is 0 Å². The lowest BCUT2D eigenvalue weighted by Crippen LogP contribution is -2.62. The Morgan fingerprint density at radius 3 is 1.21 bits per heavy atom. The standard InChI is InChI=1S/C46H37N3O8/c47-49-48-42-41(57-45(52)34-23-11-3-12-24-34)40(56-44(51)33-21-9-2-10-22-33)39(55-43(50)32-19-7-1-8-20-32)38(54-42)31-53-46(35-25-13-4-14-26-35,36-27-15-5-16-28-36)37-29-17-6-18-30-37/h1-30,38-42H,31H2/t38-,39-,40+,41-,42-/m1/s1. The molecule has 6 aromatic rings. The van der Waals surface area contributed by atoms with Gasteiger partial charge >= 0.3 is 17.9 Å². The van der Waals surface area contributed by atoms with Crippen LogP contribution < -0.4 is 0 Å². The number of azide groups is 1. The smallest absolute Gasteiger partial charge is 0.338 e. The predicted molar refractivity (Wildman–Crippen MR) is 210 cm³/mol. The van der Waals surface area contributed by atoms with Gasteiger partial charge in [0.2, 0.25) is 0 Å². The first-order chi connectivity index (χ1) is 28.0. The largest absolute Gasteiger partial charge is 0.452 e. The van der Waals surface area contributed by atoms with Crippen LogP contribution in [0, 0.1) is 0 Å². The van der Waals surface area contributed by atoms with E-state index >= 15 is 0 Å². The van der Waals surface area contributed by atoms with Gasteiger partial charge in [0.15, 0.2) is 24.5 Å². The Hall–Kier alpha value is -7.04. The third-order valence-corrected chi connectivity index (χ3v) is 9.54. The fourth-order valence-electron chi connectivity index (χ4n) is 6.85. The molecule has 0 aromatic heterocycles. The number of carbonyl (C=O) groups is 3. The molecule has 0 spiro atoms. The second-order valence-corrected chi connectivity index (χ2v) is 13.1. The topological polar surface area (TPSA) is 146 Å². The summed E-state index contributed by atoms with van der Waals surface area (Å²) in [6, 6.07) is 53.4. The molecule has 0 bridgehead atoms. The van der Waals surface area contributed by atoms with Crippen LogP contribution in [0.3, 0.4) is 0 Å². The molecule has 11 nitrogen and oxygen atoms in total. The molecule has 0 N–H and O–H groups in total. The lowest BCUT2D eigenvalue weighted by Gasteiger charge is -2.45. The van der Waals surface area contributed by atoms with Crippen molar-refractivity contribution in [2.24, 2.45) is 5.11 Å². The van der Waals surface area contributed by atoms with Crippen LogP contribution in [0.5, 0.6) is 0 Å². The van der Waals surface area contributed by atoms with Crippen molar-refractivity contribution in [1.82, 2.24) is 0 Å². The van der Waals surface area contributed by atoms with Crippen LogP contribution in [0.1, 0.15) is 47.8 Å². The van der Waals surface area contributed by atoms with Gasteiger partial charge in [-0.3, -0.25) is 0 Å². The Balaban J connectivity index is 1.35. The summed E-state index contributed by atoms with van der Waals surface area (Å²) >= 11 is 0. The van der Waals surface area contributed by atoms with E-state index < -0.39 is 54.2 Å². The third-order valence-electron chi connectivity index (χ3n) is 9.54. The molecule has 1 heterocycles. The van der Waals surface area contributed by atoms with Crippen molar-refractivity contribution in [3.05, 3.63) is 226 Å². The molecule has 0 aliphatic carbocycles. The van der Waals surface area contributed by atoms with E-state index in [1.54, 1.807) is 91.0 Å². The number of hydrogen-bond acceptors (Lipinski definition) is 9. The number of hydrogen-bond donors (Lipinski definition) is 0. The van der Waals surface area contributed by atoms with Gasteiger partial charge < -0.3 is 23.7 Å². The maximum atomic E-state index is 13.9. The fraction of sp³-hybridized carbons (Fsp3) is 0.152. The van der Waals surface area contributed by atoms with Gasteiger partial charge in [0.1, 0.15) is 11.7 Å². The molecule has 0 unspecified atom stereocenters. The van der Waals surface area contributed by atoms with Crippen molar-refractivity contribution in [2.75, 3.05) is 6.61 Å². The minimum atomic E-state index is -1.58. The molecule has 284 valence electrons. The highest BCUT2D eigenvalue weighted by atomic mass is 16.7. The summed E-state index contributed by atoms with van der Waals surface area (Å²) < 4.78 is 31.9. The molecule has 0 radical (unpaired) electrons. The van der Waals surface area contributed by atoms with Gasteiger partial charge in [-0.05, 0) is 58.6 Å². The molecular weight excluding hydrogens is 723 g/mol. The lowest BCUT2D eigenvalue weighted by atomic mass is 9.80. The maximum Gasteiger partial charge on any atom is 0.338 e. The zero-order chi connectivity index (χ0) is 39.5. The maximum absolute atomic E-state index is 13.9. The number of esters is 3. The zero-order valence-electron chi connectivity index (χ0n) is 30.5. The van der Waals surface area contributed by atoms with E-state index in [9.17, 15) is 19.9 Å². The van der Waals surface area contributed by atoms with E-state index in [0.29, 0.717) is 0 Å². The molecule has 5 atom stereocenters. The second kappa shape index (κ2) is 18.1. The van der Waals surface area contributed by atoms with Gasteiger partial charge in [-0.1, -0.05) is 151 Å². The Bertz CT molecular complexity index is 2200. The Morgan fingerprint density at radius 1 is 0.509 bits per heavy atom. The molecule has 0 saturated carbocycles. The minimum Gasteiger partial charge on any atom is -0.452 e. The molecule has 57 heavy (non-hydrogen) atoms. The summed E-state index contributed by atoms with van der Waals surface area (Å²) in [5.41, 5.74) is 11.4. The van der Waals surface area contributed by atoms with Gasteiger partial charge in [0, 0.05) is 4.91 Å². The van der Waals surface area contributed by atoms with Crippen LogP contribution in [0.4, 0.5) is 0 Å². The number of carbonyl (C=O) groups excluding carboxylic acids is 3. The summed E-state index contributed by atoms with van der Waals surface area (Å²) in [5, 5.41) is 3.88. The number of ether oxygens (including phenoxy) is 5. The normalized spacial score (nSPS) is 19.0. The lowest BCUT2D eigenvalue weighted by molar-refractivity contribution is -0.235. The SMILES string of the molecule is [N-]=[N+]=N[C@@H]1O[C@H](COC(c2ccccc2)(c2ccccc2)c2ccccc2)[C@@H](OC(=O)c2ccccc2)[C@H](OC(=O)c2ccccc2)[C@H]1OC(=O)c1ccccc1. The number of rotatable bonds is 13. The van der Waals surface area contributed by atoms with Gasteiger partial charge in [0.05, 0.1) is 23.3 Å². The number of nitrogens with zero attached hydrogens (tertiary/aromatic N) is 3. The summed E-state index contributed by atoms with van der Waals surface area (Å²) in [6.07, 6.45) is -7.42. The third kappa shape index (κ3) is 8.61. The quantitative estimate of drug-likeness (QED) is 0.0284. The molecule has 1 fully saturated rings. The number of benzene rings is 6. The summed E-state index contributed by atoms with van der Waals surface area (Å²) in [7, 11) is 0. The molecule has 11 heteroatoms. The van der Waals surface area contributed by atoms with Gasteiger partial charge in [0.25, 0.3) is 0 Å². The van der Waals surface area contributed by atoms with E-state index in [2.05, 4.69) is 10.0 Å². The summed E-state index contributed by atoms with van der Waals surface area (Å²) in [6.45, 7) is -0.304. The highest BCUT2D eigenvalue weighted by Crippen LogP contribution is 2.42. The van der Waals surface area contributed by atoms with Crippen LogP contribution in [-0.2, 0) is 29.3 Å². The van der Waals surface area contributed by atoms with E-state index in [0.717, 1.165) is 16.7 Å². The van der Waals surface area contributed by atoms with Crippen molar-refractivity contribution < 1.29 is 38.1 Å². The molecular formula is C46H37N3O8. The molecule has 7 rings (SSSR count). The van der Waals surface area contributed by atoms with Gasteiger partial charge in [-0.2, -0.15) is 0 Å². The molecule has 1 aliphatic heterocycles. The van der Waals surface area contributed by atoms with E-state index in [-0.39, 0.29) is 23.3 Å². The average Bonchev–Trinajstić information content (AvgIpc) is 3.28. The highest BCUT2D eigenvalue weighted by molar-refractivity contribution is 5.91. The Kier molecular flexibility index (Phi) is 12.1. The van der Waals surface area contributed by atoms with E-state index in [4.69, 9.17) is 23.7 Å². The monoisotopic (exact) mass is 759 g/mol. The predicted octanol–water partition coefficient (Wildman–Crippen LogP) is 8.71. The van der Waals surface area contributed by atoms with Crippen molar-refractivity contribution in [1.29, 1.82) is 0 Å². The summed E-state index contributed by atoms with van der Waals surface area (Å²) in [5.74, 6) is -2.40. The van der Waals surface area contributed by atoms with Crippen molar-refractivity contribution in [3.8, 4) is 0 Å². The van der Waals surface area contributed by atoms with Crippen molar-refractivity contribution >= 4 is 17.9 Å². The minimum absolute atomic E-state index is 0.173. The second-order valence-electron chi connectivity index (χ2n) is 13.1. The first-order valence-corrected chi connectivity index (χ1v) is 18.3. The molecule has 6 aromatic carbocycles. The Labute approximate surface area is 329 Å². The Morgan fingerprint density at radius 2 is 0.842 bits per heavy atom. The highest BCUT2D eigenvalue weighted by Gasteiger charge is 2.53. The average molecular weight is 760 g/mol. The van der Waals surface area contributed by atoms with E-state index in [1.807, 2.05) is 91.0 Å². The zero-order valence-corrected chi connectivity index (χ0v) is 30.5. The van der Waals surface area contributed by atoms with Crippen molar-refractivity contribution in [2.45, 2.75) is 36.2 Å². The van der Waals surface area contributed by atoms with Crippen LogP contribution >= 0.6 is 0 Å². The summed E-state index contributed by atoms with van der Waals surface area (Å²) in [4.78, 5) is 44.5. The first kappa shape index (κ1) is 38.2. The van der Waals surface area contributed by atoms with Crippen LogP contribution in [0.15, 0.2) is 187 Å². The van der Waals surface area contributed by atoms with Crippen LogP contribution in [0.2, 0.25) is 0 Å². The molecule has 1 saturated heterocycles. The fourth-order valence-corrected chi connectivity index (χ4v) is 6.85. The van der Waals surface area contributed by atoms with Crippen LogP contribution in [0.25, 0.3) is 10.4 Å². The van der Waals surface area contributed by atoms with Gasteiger partial charge in [-0.15, -0.1) is 0 Å². The van der Waals surface area contributed by atoms with E-state index in [1.165, 1.54) is 0 Å². The molecule has 0 amide bonds.